The highest BCUT2D eigenvalue weighted by Gasteiger charge is 2.28. The van der Waals surface area contributed by atoms with E-state index in [1.807, 2.05) is 6.26 Å². The number of rotatable bonds is 6. The van der Waals surface area contributed by atoms with Crippen LogP contribution < -0.4 is 0 Å². The summed E-state index contributed by atoms with van der Waals surface area (Å²) in [6, 6.07) is 4.44. The summed E-state index contributed by atoms with van der Waals surface area (Å²) in [7, 11) is 0. The second-order valence-electron chi connectivity index (χ2n) is 5.82. The number of carbonyl (C=O) groups excluding carboxylic acids is 1. The van der Waals surface area contributed by atoms with Crippen LogP contribution in [0.4, 0.5) is 4.39 Å². The van der Waals surface area contributed by atoms with Gasteiger partial charge in [0, 0.05) is 30.3 Å². The van der Waals surface area contributed by atoms with E-state index in [4.69, 9.17) is 5.11 Å². The molecule has 1 aromatic rings. The van der Waals surface area contributed by atoms with E-state index in [0.717, 1.165) is 19.3 Å². The molecule has 1 aromatic carbocycles. The van der Waals surface area contributed by atoms with Crippen molar-refractivity contribution >= 4 is 23.6 Å². The minimum atomic E-state index is -0.841. The van der Waals surface area contributed by atoms with Crippen LogP contribution in [0.1, 0.15) is 48.0 Å². The number of carboxylic acid groups (broad SMARTS) is 1. The first kappa shape index (κ1) is 17.8. The number of nitrogens with zero attached hydrogens (tertiary/aromatic N) is 1. The SMILES string of the molecule is CSCc1cc(C(=O)N2CCCC[C@H]2CCC(=O)O)ccc1F. The first-order valence-corrected chi connectivity index (χ1v) is 9.22. The second kappa shape index (κ2) is 8.34. The molecule has 1 atom stereocenters. The molecule has 4 nitrogen and oxygen atoms in total. The summed E-state index contributed by atoms with van der Waals surface area (Å²) in [4.78, 5) is 25.3. The summed E-state index contributed by atoms with van der Waals surface area (Å²) < 4.78 is 13.7. The van der Waals surface area contributed by atoms with Gasteiger partial charge < -0.3 is 10.0 Å². The van der Waals surface area contributed by atoms with Crippen LogP contribution in [0.3, 0.4) is 0 Å². The molecule has 1 heterocycles. The van der Waals surface area contributed by atoms with Gasteiger partial charge in [-0.15, -0.1) is 0 Å². The number of benzene rings is 1. The van der Waals surface area contributed by atoms with Crippen LogP contribution in [-0.4, -0.2) is 40.7 Å². The third-order valence-electron chi connectivity index (χ3n) is 4.17. The van der Waals surface area contributed by atoms with Crippen molar-refractivity contribution in [3.8, 4) is 0 Å². The van der Waals surface area contributed by atoms with E-state index in [0.29, 0.717) is 29.8 Å². The number of likely N-dealkylation sites (tertiary alicyclic amines) is 1. The van der Waals surface area contributed by atoms with Crippen molar-refractivity contribution in [1.29, 1.82) is 0 Å². The van der Waals surface area contributed by atoms with E-state index in [1.165, 1.54) is 23.9 Å². The van der Waals surface area contributed by atoms with Crippen molar-refractivity contribution in [3.05, 3.63) is 35.1 Å². The Labute approximate surface area is 140 Å². The summed E-state index contributed by atoms with van der Waals surface area (Å²) in [6.45, 7) is 0.637. The standard InChI is InChI=1S/C17H22FNO3S/c1-23-11-13-10-12(5-7-15(13)18)17(22)19-9-3-2-4-14(19)6-8-16(20)21/h5,7,10,14H,2-4,6,8-9,11H2,1H3,(H,20,21)/t14-/m0/s1. The number of thioether (sulfide) groups is 1. The quantitative estimate of drug-likeness (QED) is 0.861. The monoisotopic (exact) mass is 339 g/mol. The highest BCUT2D eigenvalue weighted by atomic mass is 32.2. The van der Waals surface area contributed by atoms with E-state index in [2.05, 4.69) is 0 Å². The predicted octanol–water partition coefficient (Wildman–Crippen LogP) is 3.55. The molecule has 1 amide bonds. The van der Waals surface area contributed by atoms with Crippen molar-refractivity contribution < 1.29 is 19.1 Å². The Hall–Kier alpha value is -1.56. The van der Waals surface area contributed by atoms with E-state index in [1.54, 1.807) is 11.0 Å². The second-order valence-corrected chi connectivity index (χ2v) is 6.69. The highest BCUT2D eigenvalue weighted by Crippen LogP contribution is 2.24. The lowest BCUT2D eigenvalue weighted by Gasteiger charge is -2.35. The molecule has 126 valence electrons. The minimum Gasteiger partial charge on any atom is -0.481 e. The van der Waals surface area contributed by atoms with Gasteiger partial charge in [0.15, 0.2) is 0 Å². The minimum absolute atomic E-state index is 0.0404. The van der Waals surface area contributed by atoms with E-state index in [9.17, 15) is 14.0 Å². The normalized spacial score (nSPS) is 18.0. The maximum absolute atomic E-state index is 13.7. The largest absolute Gasteiger partial charge is 0.481 e. The van der Waals surface area contributed by atoms with Gasteiger partial charge in [-0.2, -0.15) is 11.8 Å². The van der Waals surface area contributed by atoms with Crippen molar-refractivity contribution in [1.82, 2.24) is 4.90 Å². The molecule has 0 spiro atoms. The zero-order valence-electron chi connectivity index (χ0n) is 13.3. The molecule has 0 aliphatic carbocycles. The number of aliphatic carboxylic acids is 1. The molecule has 0 radical (unpaired) electrons. The van der Waals surface area contributed by atoms with E-state index in [-0.39, 0.29) is 24.2 Å². The fourth-order valence-corrected chi connectivity index (χ4v) is 3.53. The lowest BCUT2D eigenvalue weighted by molar-refractivity contribution is -0.137. The number of carbonyl (C=O) groups is 2. The lowest BCUT2D eigenvalue weighted by Crippen LogP contribution is -2.44. The Morgan fingerprint density at radius 1 is 1.39 bits per heavy atom. The Bertz CT molecular complexity index is 579. The van der Waals surface area contributed by atoms with Gasteiger partial charge in [-0.05, 0) is 55.7 Å². The fraction of sp³-hybridized carbons (Fsp3) is 0.529. The van der Waals surface area contributed by atoms with Gasteiger partial charge in [-0.1, -0.05) is 0 Å². The molecule has 1 fully saturated rings. The van der Waals surface area contributed by atoms with Gasteiger partial charge in [0.1, 0.15) is 5.82 Å². The zero-order chi connectivity index (χ0) is 16.8. The maximum atomic E-state index is 13.7. The van der Waals surface area contributed by atoms with Crippen LogP contribution in [0.2, 0.25) is 0 Å². The van der Waals surface area contributed by atoms with E-state index < -0.39 is 5.97 Å². The van der Waals surface area contributed by atoms with Crippen LogP contribution in [0.15, 0.2) is 18.2 Å². The van der Waals surface area contributed by atoms with Gasteiger partial charge in [0.05, 0.1) is 0 Å². The number of piperidine rings is 1. The molecule has 0 saturated carbocycles. The third-order valence-corrected chi connectivity index (χ3v) is 4.77. The molecule has 0 unspecified atom stereocenters. The van der Waals surface area contributed by atoms with Gasteiger partial charge in [-0.25, -0.2) is 4.39 Å². The van der Waals surface area contributed by atoms with Crippen molar-refractivity contribution in [2.75, 3.05) is 12.8 Å². The summed E-state index contributed by atoms with van der Waals surface area (Å²) in [5.74, 6) is -0.735. The lowest BCUT2D eigenvalue weighted by atomic mass is 9.96. The first-order chi connectivity index (χ1) is 11.0. The van der Waals surface area contributed by atoms with Gasteiger partial charge >= 0.3 is 5.97 Å². The van der Waals surface area contributed by atoms with Gasteiger partial charge in [-0.3, -0.25) is 9.59 Å². The topological polar surface area (TPSA) is 57.6 Å². The average molecular weight is 339 g/mol. The van der Waals surface area contributed by atoms with Crippen LogP contribution in [-0.2, 0) is 10.5 Å². The summed E-state index contributed by atoms with van der Waals surface area (Å²) in [6.07, 6.45) is 5.19. The van der Waals surface area contributed by atoms with Crippen LogP contribution >= 0.6 is 11.8 Å². The molecule has 1 N–H and O–H groups in total. The Kier molecular flexibility index (Phi) is 6.45. The number of amides is 1. The first-order valence-electron chi connectivity index (χ1n) is 7.83. The molecule has 2 rings (SSSR count). The number of halogens is 1. The molecule has 0 bridgehead atoms. The molecule has 1 aliphatic heterocycles. The van der Waals surface area contributed by atoms with Crippen molar-refractivity contribution in [2.45, 2.75) is 43.9 Å². The van der Waals surface area contributed by atoms with Crippen LogP contribution in [0.5, 0.6) is 0 Å². The molecular formula is C17H22FNO3S. The molecular weight excluding hydrogens is 317 g/mol. The fourth-order valence-electron chi connectivity index (χ4n) is 3.00. The van der Waals surface area contributed by atoms with Crippen molar-refractivity contribution in [3.63, 3.8) is 0 Å². The van der Waals surface area contributed by atoms with Crippen LogP contribution in [0.25, 0.3) is 0 Å². The predicted molar refractivity (Wildman–Crippen MR) is 89.2 cm³/mol. The Morgan fingerprint density at radius 3 is 2.87 bits per heavy atom. The molecule has 1 aliphatic rings. The number of carboxylic acids is 1. The molecule has 1 saturated heterocycles. The number of hydrogen-bond donors (Lipinski definition) is 1. The van der Waals surface area contributed by atoms with Gasteiger partial charge in [0.25, 0.3) is 5.91 Å². The maximum Gasteiger partial charge on any atom is 0.303 e. The third kappa shape index (κ3) is 4.70. The summed E-state index contributed by atoms with van der Waals surface area (Å²) in [5, 5.41) is 8.86. The average Bonchev–Trinajstić information content (AvgIpc) is 2.55. The molecule has 0 aromatic heterocycles. The van der Waals surface area contributed by atoms with Crippen molar-refractivity contribution in [2.24, 2.45) is 0 Å². The Morgan fingerprint density at radius 2 is 2.17 bits per heavy atom. The zero-order valence-corrected chi connectivity index (χ0v) is 14.1. The molecule has 6 heteroatoms. The van der Waals surface area contributed by atoms with Gasteiger partial charge in [0.2, 0.25) is 0 Å². The summed E-state index contributed by atoms with van der Waals surface area (Å²) >= 11 is 1.51. The smallest absolute Gasteiger partial charge is 0.303 e. The highest BCUT2D eigenvalue weighted by molar-refractivity contribution is 7.97. The number of hydrogen-bond acceptors (Lipinski definition) is 3. The molecule has 23 heavy (non-hydrogen) atoms. The summed E-state index contributed by atoms with van der Waals surface area (Å²) in [5.41, 5.74) is 1.01. The van der Waals surface area contributed by atoms with E-state index >= 15 is 0 Å². The van der Waals surface area contributed by atoms with Crippen LogP contribution in [0, 0.1) is 5.82 Å². The Balaban J connectivity index is 2.16.